The topological polar surface area (TPSA) is 97.5 Å². The lowest BCUT2D eigenvalue weighted by molar-refractivity contribution is -0.129. The molecule has 0 saturated heterocycles. The molecule has 2 atom stereocenters. The van der Waals surface area contributed by atoms with Crippen LogP contribution in [0.15, 0.2) is 30.3 Å². The Morgan fingerprint density at radius 2 is 1.67 bits per heavy atom. The van der Waals surface area contributed by atoms with Crippen molar-refractivity contribution in [3.63, 3.8) is 0 Å². The van der Waals surface area contributed by atoms with Gasteiger partial charge in [-0.2, -0.15) is 0 Å². The maximum absolute atomic E-state index is 12.4. The van der Waals surface area contributed by atoms with Gasteiger partial charge < -0.3 is 19.8 Å². The van der Waals surface area contributed by atoms with E-state index in [9.17, 15) is 14.4 Å². The zero-order valence-corrected chi connectivity index (χ0v) is 16.1. The van der Waals surface area contributed by atoms with Crippen molar-refractivity contribution in [3.05, 3.63) is 58.4 Å². The molecule has 0 saturated carbocycles. The number of methoxy groups -OCH3 is 1. The van der Waals surface area contributed by atoms with Crippen molar-refractivity contribution in [2.75, 3.05) is 7.11 Å². The fraction of sp³-hybridized carbons (Fsp3) is 0.350. The molecule has 1 heterocycles. The van der Waals surface area contributed by atoms with Crippen LogP contribution < -0.4 is 5.32 Å². The van der Waals surface area contributed by atoms with E-state index < -0.39 is 23.9 Å². The van der Waals surface area contributed by atoms with E-state index in [1.54, 1.807) is 13.8 Å². The summed E-state index contributed by atoms with van der Waals surface area (Å²) >= 11 is 0. The summed E-state index contributed by atoms with van der Waals surface area (Å²) in [4.78, 5) is 39.4. The highest BCUT2D eigenvalue weighted by Gasteiger charge is 2.26. The number of benzene rings is 1. The van der Waals surface area contributed by atoms with Crippen LogP contribution in [-0.2, 0) is 14.3 Å². The molecule has 0 aliphatic rings. The van der Waals surface area contributed by atoms with E-state index in [0.717, 1.165) is 5.56 Å². The van der Waals surface area contributed by atoms with Crippen molar-refractivity contribution in [1.29, 1.82) is 0 Å². The molecular formula is C20H24N2O5. The summed E-state index contributed by atoms with van der Waals surface area (Å²) in [7, 11) is 1.27. The van der Waals surface area contributed by atoms with Crippen LogP contribution >= 0.6 is 0 Å². The lowest BCUT2D eigenvalue weighted by atomic mass is 10.1. The summed E-state index contributed by atoms with van der Waals surface area (Å²) in [6, 6.07) is 9.25. The van der Waals surface area contributed by atoms with Crippen LogP contribution in [-0.4, -0.2) is 36.0 Å². The van der Waals surface area contributed by atoms with Crippen LogP contribution in [0.3, 0.4) is 0 Å². The summed E-state index contributed by atoms with van der Waals surface area (Å²) in [5.74, 6) is -1.66. The van der Waals surface area contributed by atoms with Crippen molar-refractivity contribution in [1.82, 2.24) is 10.3 Å². The Hall–Kier alpha value is -3.09. The molecule has 0 bridgehead atoms. The fourth-order valence-electron chi connectivity index (χ4n) is 2.79. The number of hydrogen-bond donors (Lipinski definition) is 2. The molecule has 2 rings (SSSR count). The van der Waals surface area contributed by atoms with Crippen LogP contribution in [0.5, 0.6) is 0 Å². The number of rotatable bonds is 6. The average molecular weight is 372 g/mol. The molecule has 0 spiro atoms. The van der Waals surface area contributed by atoms with Gasteiger partial charge >= 0.3 is 11.9 Å². The zero-order valence-electron chi connectivity index (χ0n) is 16.1. The van der Waals surface area contributed by atoms with E-state index >= 15 is 0 Å². The second kappa shape index (κ2) is 8.53. The largest absolute Gasteiger partial charge is 0.465 e. The third kappa shape index (κ3) is 4.55. The summed E-state index contributed by atoms with van der Waals surface area (Å²) < 4.78 is 9.98. The van der Waals surface area contributed by atoms with Crippen LogP contribution in [0.1, 0.15) is 57.6 Å². The molecule has 0 unspecified atom stereocenters. The molecule has 0 aliphatic carbocycles. The first-order valence-electron chi connectivity index (χ1n) is 8.60. The van der Waals surface area contributed by atoms with Gasteiger partial charge in [-0.3, -0.25) is 4.79 Å². The SMILES string of the molecule is COC(=O)c1c(C)[nH]c(C(=O)O[C@H](C)C(=O)N[C@H](C)c2ccccc2)c1C. The Kier molecular flexibility index (Phi) is 6.39. The highest BCUT2D eigenvalue weighted by molar-refractivity contribution is 5.99. The lowest BCUT2D eigenvalue weighted by Gasteiger charge is -2.18. The Bertz CT molecular complexity index is 842. The van der Waals surface area contributed by atoms with E-state index in [4.69, 9.17) is 9.47 Å². The zero-order chi connectivity index (χ0) is 20.1. The molecule has 2 N–H and O–H groups in total. The molecule has 27 heavy (non-hydrogen) atoms. The number of esters is 2. The van der Waals surface area contributed by atoms with Crippen molar-refractivity contribution < 1.29 is 23.9 Å². The van der Waals surface area contributed by atoms with Crippen molar-refractivity contribution in [3.8, 4) is 0 Å². The van der Waals surface area contributed by atoms with Gasteiger partial charge in [0.1, 0.15) is 5.69 Å². The number of ether oxygens (including phenoxy) is 2. The van der Waals surface area contributed by atoms with Gasteiger partial charge in [-0.15, -0.1) is 0 Å². The molecule has 1 amide bonds. The number of aryl methyl sites for hydroxylation is 1. The predicted molar refractivity (Wildman–Crippen MR) is 99.5 cm³/mol. The minimum atomic E-state index is -0.992. The van der Waals surface area contributed by atoms with Crippen LogP contribution in [0.4, 0.5) is 0 Å². The summed E-state index contributed by atoms with van der Waals surface area (Å²) in [5.41, 5.74) is 2.29. The number of amides is 1. The lowest BCUT2D eigenvalue weighted by Crippen LogP contribution is -2.37. The molecule has 2 aromatic rings. The minimum absolute atomic E-state index is 0.128. The van der Waals surface area contributed by atoms with Gasteiger partial charge in [0.25, 0.3) is 5.91 Å². The van der Waals surface area contributed by atoms with Crippen molar-refractivity contribution in [2.45, 2.75) is 39.8 Å². The second-order valence-electron chi connectivity index (χ2n) is 6.31. The van der Waals surface area contributed by atoms with Gasteiger partial charge in [0, 0.05) is 5.69 Å². The Morgan fingerprint density at radius 3 is 2.26 bits per heavy atom. The number of aromatic amines is 1. The highest BCUT2D eigenvalue weighted by atomic mass is 16.5. The quantitative estimate of drug-likeness (QED) is 0.760. The first kappa shape index (κ1) is 20.2. The van der Waals surface area contributed by atoms with Gasteiger partial charge in [0.05, 0.1) is 18.7 Å². The van der Waals surface area contributed by atoms with Crippen LogP contribution in [0, 0.1) is 13.8 Å². The van der Waals surface area contributed by atoms with Gasteiger partial charge in [-0.25, -0.2) is 9.59 Å². The summed E-state index contributed by atoms with van der Waals surface area (Å²) in [6.45, 7) is 6.63. The van der Waals surface area contributed by atoms with Gasteiger partial charge in [-0.1, -0.05) is 30.3 Å². The normalized spacial score (nSPS) is 12.8. The fourth-order valence-corrected chi connectivity index (χ4v) is 2.79. The molecule has 1 aromatic heterocycles. The monoisotopic (exact) mass is 372 g/mol. The smallest absolute Gasteiger partial charge is 0.355 e. The molecule has 1 aromatic carbocycles. The van der Waals surface area contributed by atoms with Crippen LogP contribution in [0.2, 0.25) is 0 Å². The maximum atomic E-state index is 12.4. The number of nitrogens with one attached hydrogen (secondary N) is 2. The first-order valence-corrected chi connectivity index (χ1v) is 8.60. The molecule has 0 aliphatic heterocycles. The van der Waals surface area contributed by atoms with E-state index in [1.807, 2.05) is 37.3 Å². The summed E-state index contributed by atoms with van der Waals surface area (Å²) in [5, 5.41) is 2.81. The minimum Gasteiger partial charge on any atom is -0.465 e. The number of H-pyrrole nitrogens is 1. The Labute approximate surface area is 158 Å². The molecule has 7 nitrogen and oxygen atoms in total. The maximum Gasteiger partial charge on any atom is 0.355 e. The first-order chi connectivity index (χ1) is 12.8. The van der Waals surface area contributed by atoms with E-state index in [2.05, 4.69) is 10.3 Å². The van der Waals surface area contributed by atoms with E-state index in [0.29, 0.717) is 16.8 Å². The van der Waals surface area contributed by atoms with Gasteiger partial charge in [0.2, 0.25) is 0 Å². The predicted octanol–water partition coefficient (Wildman–Crippen LogP) is 2.84. The number of aromatic nitrogens is 1. The van der Waals surface area contributed by atoms with Crippen molar-refractivity contribution in [2.24, 2.45) is 0 Å². The molecule has 0 fully saturated rings. The third-order valence-corrected chi connectivity index (χ3v) is 4.34. The second-order valence-corrected chi connectivity index (χ2v) is 6.31. The number of carbonyl (C=O) groups excluding carboxylic acids is 3. The van der Waals surface area contributed by atoms with Gasteiger partial charge in [0.15, 0.2) is 6.10 Å². The third-order valence-electron chi connectivity index (χ3n) is 4.34. The van der Waals surface area contributed by atoms with Gasteiger partial charge in [-0.05, 0) is 38.8 Å². The highest BCUT2D eigenvalue weighted by Crippen LogP contribution is 2.20. The number of carbonyl (C=O) groups is 3. The average Bonchev–Trinajstić information content (AvgIpc) is 2.96. The van der Waals surface area contributed by atoms with Crippen molar-refractivity contribution >= 4 is 17.8 Å². The molecule has 7 heteroatoms. The van der Waals surface area contributed by atoms with E-state index in [-0.39, 0.29) is 11.7 Å². The number of hydrogen-bond acceptors (Lipinski definition) is 5. The standard InChI is InChI=1S/C20H24N2O5/c1-11-16(19(24)26-5)13(3)21-17(11)20(25)27-14(4)18(23)22-12(2)15-9-7-6-8-10-15/h6-10,12,14,21H,1-5H3,(H,22,23)/t12-,14-/m1/s1. The molecule has 144 valence electrons. The molecule has 0 radical (unpaired) electrons. The Balaban J connectivity index is 2.05. The summed E-state index contributed by atoms with van der Waals surface area (Å²) in [6.07, 6.45) is -0.992. The molecular weight excluding hydrogens is 348 g/mol. The Morgan fingerprint density at radius 1 is 1.04 bits per heavy atom. The van der Waals surface area contributed by atoms with E-state index in [1.165, 1.54) is 14.0 Å². The van der Waals surface area contributed by atoms with Crippen LogP contribution in [0.25, 0.3) is 0 Å².